The Morgan fingerprint density at radius 2 is 1.82 bits per heavy atom. The summed E-state index contributed by atoms with van der Waals surface area (Å²) in [5.41, 5.74) is 1.87. The summed E-state index contributed by atoms with van der Waals surface area (Å²) in [6.07, 6.45) is 2.74. The number of nitrogens with zero attached hydrogens (tertiary/aromatic N) is 2. The zero-order valence-electron chi connectivity index (χ0n) is 19.3. The summed E-state index contributed by atoms with van der Waals surface area (Å²) in [5, 5.41) is 2.63. The lowest BCUT2D eigenvalue weighted by Gasteiger charge is -2.09. The molecule has 34 heavy (non-hydrogen) atoms. The van der Waals surface area contributed by atoms with E-state index in [-0.39, 0.29) is 30.2 Å². The molecule has 0 N–H and O–H groups in total. The smallest absolute Gasteiger partial charge is 0.198 e. The van der Waals surface area contributed by atoms with Gasteiger partial charge in [-0.2, -0.15) is 0 Å². The molecule has 0 fully saturated rings. The largest absolute Gasteiger partial charge is 0.493 e. The Morgan fingerprint density at radius 1 is 1.06 bits per heavy atom. The number of thiophene rings is 1. The van der Waals surface area contributed by atoms with E-state index >= 15 is 0 Å². The Kier molecular flexibility index (Phi) is 7.07. The average molecular weight is 481 g/mol. The van der Waals surface area contributed by atoms with Crippen molar-refractivity contribution in [2.45, 2.75) is 32.7 Å². The predicted molar refractivity (Wildman–Crippen MR) is 131 cm³/mol. The molecular formula is C26H25FN2O4S. The van der Waals surface area contributed by atoms with E-state index in [2.05, 4.69) is 4.98 Å². The number of halogens is 1. The Balaban J connectivity index is 1.55. The number of hydrogen-bond donors (Lipinski definition) is 0. The van der Waals surface area contributed by atoms with Crippen LogP contribution in [0.1, 0.15) is 47.2 Å². The zero-order chi connectivity index (χ0) is 24.2. The van der Waals surface area contributed by atoms with E-state index in [1.807, 2.05) is 29.1 Å². The van der Waals surface area contributed by atoms with Crippen LogP contribution >= 0.6 is 11.3 Å². The van der Waals surface area contributed by atoms with Gasteiger partial charge in [-0.1, -0.05) is 19.1 Å². The van der Waals surface area contributed by atoms with E-state index in [4.69, 9.17) is 9.47 Å². The minimum Gasteiger partial charge on any atom is -0.493 e. The highest BCUT2D eigenvalue weighted by Crippen LogP contribution is 2.35. The van der Waals surface area contributed by atoms with E-state index in [1.165, 1.54) is 31.6 Å². The van der Waals surface area contributed by atoms with Crippen molar-refractivity contribution in [3.05, 3.63) is 65.2 Å². The van der Waals surface area contributed by atoms with Crippen LogP contribution in [0.25, 0.3) is 21.3 Å². The van der Waals surface area contributed by atoms with Crippen LogP contribution in [0.5, 0.6) is 11.5 Å². The molecule has 176 valence electrons. The van der Waals surface area contributed by atoms with E-state index in [0.29, 0.717) is 39.8 Å². The summed E-state index contributed by atoms with van der Waals surface area (Å²) in [5.74, 6) is 0.661. The number of rotatable bonds is 10. The second kappa shape index (κ2) is 10.2. The van der Waals surface area contributed by atoms with E-state index < -0.39 is 0 Å². The summed E-state index contributed by atoms with van der Waals surface area (Å²) >= 11 is 1.32. The number of ketones is 2. The molecule has 2 aromatic heterocycles. The van der Waals surface area contributed by atoms with Crippen molar-refractivity contribution in [1.29, 1.82) is 0 Å². The molecule has 0 spiro atoms. The number of methoxy groups -OCH3 is 2. The molecule has 0 radical (unpaired) electrons. The number of fused-ring (bicyclic) bond motifs is 1. The fourth-order valence-corrected chi connectivity index (χ4v) is 4.86. The SMILES string of the molecule is CCCn1cc(-c2csc3c(F)cccc23)nc1C(=O)CCC(=O)c1ccc(OC)c(OC)c1. The van der Waals surface area contributed by atoms with Crippen molar-refractivity contribution in [2.24, 2.45) is 0 Å². The van der Waals surface area contributed by atoms with Gasteiger partial charge in [-0.25, -0.2) is 9.37 Å². The third-order valence-electron chi connectivity index (χ3n) is 5.60. The fraction of sp³-hybridized carbons (Fsp3) is 0.269. The van der Waals surface area contributed by atoms with Crippen LogP contribution in [0, 0.1) is 5.82 Å². The normalized spacial score (nSPS) is 11.1. The van der Waals surface area contributed by atoms with E-state index in [1.54, 1.807) is 24.3 Å². The maximum Gasteiger partial charge on any atom is 0.198 e. The summed E-state index contributed by atoms with van der Waals surface area (Å²) in [6, 6.07) is 9.90. The third kappa shape index (κ3) is 4.59. The van der Waals surface area contributed by atoms with Crippen LogP contribution < -0.4 is 9.47 Å². The van der Waals surface area contributed by atoms with Gasteiger partial charge in [-0.3, -0.25) is 9.59 Å². The molecule has 2 heterocycles. The molecule has 2 aromatic carbocycles. The Hall–Kier alpha value is -3.52. The van der Waals surface area contributed by atoms with Gasteiger partial charge < -0.3 is 14.0 Å². The molecule has 0 atom stereocenters. The van der Waals surface area contributed by atoms with Crippen LogP contribution in [0.2, 0.25) is 0 Å². The maximum atomic E-state index is 14.1. The topological polar surface area (TPSA) is 70.4 Å². The summed E-state index contributed by atoms with van der Waals surface area (Å²) < 4.78 is 27.0. The second-order valence-corrected chi connectivity index (χ2v) is 8.70. The van der Waals surface area contributed by atoms with Gasteiger partial charge in [0.1, 0.15) is 5.82 Å². The highest BCUT2D eigenvalue weighted by atomic mass is 32.1. The lowest BCUT2D eigenvalue weighted by molar-refractivity contribution is 0.0909. The van der Waals surface area contributed by atoms with Crippen LogP contribution in [-0.2, 0) is 6.54 Å². The number of carbonyl (C=O) groups is 2. The number of aryl methyl sites for hydroxylation is 1. The molecule has 8 heteroatoms. The van der Waals surface area contributed by atoms with E-state index in [0.717, 1.165) is 17.4 Å². The minimum absolute atomic E-state index is 0.0341. The van der Waals surface area contributed by atoms with Crippen molar-refractivity contribution in [3.63, 3.8) is 0 Å². The van der Waals surface area contributed by atoms with Gasteiger partial charge in [0.25, 0.3) is 0 Å². The molecule has 0 saturated heterocycles. The number of hydrogen-bond acceptors (Lipinski definition) is 6. The van der Waals surface area contributed by atoms with Crippen LogP contribution in [0.4, 0.5) is 4.39 Å². The van der Waals surface area contributed by atoms with E-state index in [9.17, 15) is 14.0 Å². The standard InChI is InChI=1S/C26H25FN2O4S/c1-4-12-29-14-20(18-15-34-25-17(18)6-5-7-19(25)27)28-26(29)22(31)10-9-21(30)16-8-11-23(32-2)24(13-16)33-3/h5-8,11,13-15H,4,9-10,12H2,1-3H3. The van der Waals surface area contributed by atoms with Crippen molar-refractivity contribution in [3.8, 4) is 22.8 Å². The summed E-state index contributed by atoms with van der Waals surface area (Å²) in [6.45, 7) is 2.64. The number of Topliss-reactive ketones (excluding diaryl/α,β-unsaturated/α-hetero) is 2. The lowest BCUT2D eigenvalue weighted by atomic mass is 10.0. The molecule has 0 aliphatic rings. The van der Waals surface area contributed by atoms with Crippen LogP contribution in [0.3, 0.4) is 0 Å². The first-order valence-electron chi connectivity index (χ1n) is 11.0. The summed E-state index contributed by atoms with van der Waals surface area (Å²) in [7, 11) is 3.03. The molecule has 6 nitrogen and oxygen atoms in total. The molecule has 0 saturated carbocycles. The second-order valence-electron chi connectivity index (χ2n) is 7.83. The fourth-order valence-electron chi connectivity index (χ4n) is 3.89. The van der Waals surface area contributed by atoms with Crippen molar-refractivity contribution in [2.75, 3.05) is 14.2 Å². The lowest BCUT2D eigenvalue weighted by Crippen LogP contribution is -2.12. The molecular weight excluding hydrogens is 455 g/mol. The highest BCUT2D eigenvalue weighted by Gasteiger charge is 2.20. The molecule has 0 aliphatic carbocycles. The average Bonchev–Trinajstić information content (AvgIpc) is 3.47. The number of carbonyl (C=O) groups excluding carboxylic acids is 2. The molecule has 0 aliphatic heterocycles. The quantitative estimate of drug-likeness (QED) is 0.254. The van der Waals surface area contributed by atoms with Crippen molar-refractivity contribution < 1.29 is 23.5 Å². The number of ether oxygens (including phenoxy) is 2. The number of imidazole rings is 1. The molecule has 4 rings (SSSR count). The summed E-state index contributed by atoms with van der Waals surface area (Å²) in [4.78, 5) is 30.4. The molecule has 4 aromatic rings. The van der Waals surface area contributed by atoms with Gasteiger partial charge in [-0.05, 0) is 30.7 Å². The molecule has 0 amide bonds. The molecule has 0 unspecified atom stereocenters. The monoisotopic (exact) mass is 480 g/mol. The number of aromatic nitrogens is 2. The Bertz CT molecular complexity index is 1360. The van der Waals surface area contributed by atoms with Crippen molar-refractivity contribution in [1.82, 2.24) is 9.55 Å². The molecule has 0 bridgehead atoms. The van der Waals surface area contributed by atoms with Gasteiger partial charge in [0.05, 0.1) is 24.6 Å². The highest BCUT2D eigenvalue weighted by molar-refractivity contribution is 7.17. The number of benzene rings is 2. The van der Waals surface area contributed by atoms with Crippen molar-refractivity contribution >= 4 is 33.0 Å². The predicted octanol–water partition coefficient (Wildman–Crippen LogP) is 6.18. The van der Waals surface area contributed by atoms with Crippen LogP contribution in [0.15, 0.2) is 48.0 Å². The first kappa shape index (κ1) is 23.6. The first-order valence-corrected chi connectivity index (χ1v) is 11.9. The maximum absolute atomic E-state index is 14.1. The van der Waals surface area contributed by atoms with Gasteiger partial charge in [0.2, 0.25) is 0 Å². The van der Waals surface area contributed by atoms with Gasteiger partial charge >= 0.3 is 0 Å². The van der Waals surface area contributed by atoms with Crippen LogP contribution in [-0.4, -0.2) is 35.3 Å². The zero-order valence-corrected chi connectivity index (χ0v) is 20.1. The Morgan fingerprint density at radius 3 is 2.56 bits per heavy atom. The minimum atomic E-state index is -0.272. The van der Waals surface area contributed by atoms with Gasteiger partial charge in [-0.15, -0.1) is 11.3 Å². The third-order valence-corrected chi connectivity index (χ3v) is 6.61. The van der Waals surface area contributed by atoms with Gasteiger partial charge in [0.15, 0.2) is 28.9 Å². The Labute approximate surface area is 201 Å². The first-order chi connectivity index (χ1) is 16.5. The van der Waals surface area contributed by atoms with Gasteiger partial charge in [0, 0.05) is 47.5 Å².